The molecule has 9 heteroatoms. The molecular weight excluding hydrogens is 542 g/mol. The third-order valence-corrected chi connectivity index (χ3v) is 7.98. The molecule has 0 spiro atoms. The Hall–Kier alpha value is -3.59. The monoisotopic (exact) mass is 579 g/mol. The maximum Gasteiger partial charge on any atom is 0.404 e. The number of piperidine rings is 1. The molecule has 2 atom stereocenters. The second-order valence-electron chi connectivity index (χ2n) is 10.5. The maximum absolute atomic E-state index is 13.5. The van der Waals surface area contributed by atoms with E-state index in [0.29, 0.717) is 67.4 Å². The summed E-state index contributed by atoms with van der Waals surface area (Å²) in [5, 5.41) is 24.6. The number of nitrogens with two attached hydrogens (primary N) is 1. The minimum absolute atomic E-state index is 0.111. The van der Waals surface area contributed by atoms with Crippen LogP contribution in [0.1, 0.15) is 47.2 Å². The molecule has 3 aromatic rings. The molecule has 0 aromatic heterocycles. The first kappa shape index (κ1) is 30.4. The molecule has 1 fully saturated rings. The van der Waals surface area contributed by atoms with E-state index in [0.717, 1.165) is 23.1 Å². The van der Waals surface area contributed by atoms with Gasteiger partial charge < -0.3 is 30.9 Å². The number of rotatable bonds is 11. The minimum atomic E-state index is -1.36. The van der Waals surface area contributed by atoms with E-state index in [-0.39, 0.29) is 18.4 Å². The van der Waals surface area contributed by atoms with Crippen molar-refractivity contribution in [2.75, 3.05) is 32.8 Å². The van der Waals surface area contributed by atoms with Gasteiger partial charge in [0.1, 0.15) is 12.4 Å². The van der Waals surface area contributed by atoms with Crippen LogP contribution in [0.4, 0.5) is 4.79 Å². The van der Waals surface area contributed by atoms with Crippen LogP contribution in [-0.4, -0.2) is 59.9 Å². The van der Waals surface area contributed by atoms with E-state index in [2.05, 4.69) is 5.32 Å². The van der Waals surface area contributed by atoms with E-state index in [9.17, 15) is 14.7 Å². The summed E-state index contributed by atoms with van der Waals surface area (Å²) in [6, 6.07) is 20.5. The van der Waals surface area contributed by atoms with Crippen molar-refractivity contribution in [2.45, 2.75) is 38.2 Å². The lowest BCUT2D eigenvalue weighted by atomic mass is 9.72. The Morgan fingerprint density at radius 2 is 1.90 bits per heavy atom. The number of aryl methyl sites for hydroxylation is 1. The fourth-order valence-corrected chi connectivity index (χ4v) is 5.98. The van der Waals surface area contributed by atoms with Crippen molar-refractivity contribution in [1.29, 1.82) is 0 Å². The van der Waals surface area contributed by atoms with Crippen LogP contribution in [0.3, 0.4) is 0 Å². The lowest BCUT2D eigenvalue weighted by Gasteiger charge is -2.44. The molecule has 1 heterocycles. The predicted octanol–water partition coefficient (Wildman–Crippen LogP) is 5.44. The zero-order valence-electron chi connectivity index (χ0n) is 23.3. The predicted molar refractivity (Wildman–Crippen MR) is 160 cm³/mol. The average molecular weight is 580 g/mol. The highest BCUT2D eigenvalue weighted by atomic mass is 35.5. The molecule has 2 amide bonds. The van der Waals surface area contributed by atoms with Crippen LogP contribution in [0.2, 0.25) is 5.02 Å². The van der Waals surface area contributed by atoms with Crippen molar-refractivity contribution in [3.63, 3.8) is 0 Å². The molecule has 0 unspecified atom stereocenters. The summed E-state index contributed by atoms with van der Waals surface area (Å²) in [5.41, 5.74) is 8.10. The Kier molecular flexibility index (Phi) is 10.3. The number of nitrogens with zero attached hydrogens (tertiary/aromatic N) is 1. The van der Waals surface area contributed by atoms with Crippen molar-refractivity contribution in [3.05, 3.63) is 88.4 Å². The first-order chi connectivity index (χ1) is 19.7. The molecule has 0 radical (unpaired) electrons. The first-order valence-electron chi connectivity index (χ1n) is 14.0. The standard InChI is InChI=1S/C32H38ClN3O5/c1-22-6-2-7-24(20-22)29-27(9-3-10-28(29)33)32(40,15-5-17-35-31(38)39)25-8-4-18-36(21-25)30(37)23-11-13-26(14-12-23)41-19-16-34/h2-3,6-7,9-14,20,25,35,40H,4-5,8,15-19,21,34H2,1H3,(H,38,39)/t25-,32+/m1/s1. The number of benzene rings is 3. The van der Waals surface area contributed by atoms with E-state index in [1.54, 1.807) is 29.2 Å². The number of ether oxygens (including phenoxy) is 1. The van der Waals surface area contributed by atoms with Gasteiger partial charge in [0.2, 0.25) is 0 Å². The smallest absolute Gasteiger partial charge is 0.404 e. The molecule has 41 heavy (non-hydrogen) atoms. The van der Waals surface area contributed by atoms with Crippen molar-refractivity contribution in [3.8, 4) is 16.9 Å². The second-order valence-corrected chi connectivity index (χ2v) is 11.0. The van der Waals surface area contributed by atoms with Gasteiger partial charge in [-0.05, 0) is 74.1 Å². The Bertz CT molecular complexity index is 1350. The number of halogens is 1. The normalized spacial score (nSPS) is 16.6. The molecule has 1 saturated heterocycles. The highest BCUT2D eigenvalue weighted by Crippen LogP contribution is 2.45. The number of amides is 2. The summed E-state index contributed by atoms with van der Waals surface area (Å²) in [6.45, 7) is 3.95. The third-order valence-electron chi connectivity index (χ3n) is 7.67. The fourth-order valence-electron chi connectivity index (χ4n) is 5.70. The van der Waals surface area contributed by atoms with Crippen molar-refractivity contribution < 1.29 is 24.5 Å². The third kappa shape index (κ3) is 7.38. The minimum Gasteiger partial charge on any atom is -0.492 e. The van der Waals surface area contributed by atoms with Crippen LogP contribution in [0.25, 0.3) is 11.1 Å². The number of hydrogen-bond acceptors (Lipinski definition) is 5. The van der Waals surface area contributed by atoms with Crippen LogP contribution in [0.5, 0.6) is 5.75 Å². The average Bonchev–Trinajstić information content (AvgIpc) is 2.98. The van der Waals surface area contributed by atoms with E-state index < -0.39 is 11.7 Å². The number of carbonyl (C=O) groups excluding carboxylic acids is 1. The summed E-state index contributed by atoms with van der Waals surface area (Å²) < 4.78 is 5.54. The second kappa shape index (κ2) is 13.9. The molecule has 0 aliphatic carbocycles. The largest absolute Gasteiger partial charge is 0.492 e. The van der Waals surface area contributed by atoms with Crippen molar-refractivity contribution in [1.82, 2.24) is 10.2 Å². The number of likely N-dealkylation sites (tertiary alicyclic amines) is 1. The van der Waals surface area contributed by atoms with Gasteiger partial charge in [0.25, 0.3) is 5.91 Å². The summed E-state index contributed by atoms with van der Waals surface area (Å²) >= 11 is 6.78. The van der Waals surface area contributed by atoms with Crippen LogP contribution >= 0.6 is 11.6 Å². The molecule has 8 nitrogen and oxygen atoms in total. The highest BCUT2D eigenvalue weighted by molar-refractivity contribution is 6.33. The number of hydrogen-bond donors (Lipinski definition) is 4. The summed E-state index contributed by atoms with van der Waals surface area (Å²) in [7, 11) is 0. The van der Waals surface area contributed by atoms with Gasteiger partial charge in [0.05, 0.1) is 5.60 Å². The lowest BCUT2D eigenvalue weighted by molar-refractivity contribution is -0.0563. The molecular formula is C32H38ClN3O5. The van der Waals surface area contributed by atoms with Gasteiger partial charge in [-0.1, -0.05) is 53.6 Å². The Balaban J connectivity index is 1.66. The van der Waals surface area contributed by atoms with Crippen molar-refractivity contribution in [2.24, 2.45) is 11.7 Å². The Morgan fingerprint density at radius 3 is 2.61 bits per heavy atom. The summed E-state index contributed by atoms with van der Waals surface area (Å²) in [4.78, 5) is 26.4. The Labute approximate surface area is 246 Å². The van der Waals surface area contributed by atoms with Crippen LogP contribution in [-0.2, 0) is 5.60 Å². The number of nitrogens with one attached hydrogen (secondary N) is 1. The first-order valence-corrected chi connectivity index (χ1v) is 14.4. The molecule has 3 aromatic carbocycles. The lowest BCUT2D eigenvalue weighted by Crippen LogP contribution is -2.48. The number of carboxylic acid groups (broad SMARTS) is 1. The summed E-state index contributed by atoms with van der Waals surface area (Å²) in [6.07, 6.45) is 1.04. The van der Waals surface area contributed by atoms with Gasteiger partial charge in [0.15, 0.2) is 0 Å². The van der Waals surface area contributed by atoms with Crippen molar-refractivity contribution >= 4 is 23.6 Å². The Morgan fingerprint density at radius 1 is 1.15 bits per heavy atom. The number of carbonyl (C=O) groups is 2. The van der Waals surface area contributed by atoms with E-state index >= 15 is 0 Å². The van der Waals surface area contributed by atoms with Gasteiger partial charge >= 0.3 is 6.09 Å². The van der Waals surface area contributed by atoms with Crippen LogP contribution in [0, 0.1) is 12.8 Å². The molecule has 1 aliphatic heterocycles. The molecule has 5 N–H and O–H groups in total. The molecule has 218 valence electrons. The van der Waals surface area contributed by atoms with Crippen LogP contribution in [0.15, 0.2) is 66.7 Å². The topological polar surface area (TPSA) is 125 Å². The van der Waals surface area contributed by atoms with Gasteiger partial charge in [-0.3, -0.25) is 4.79 Å². The number of aliphatic hydroxyl groups is 1. The zero-order chi connectivity index (χ0) is 29.4. The van der Waals surface area contributed by atoms with Crippen LogP contribution < -0.4 is 15.8 Å². The molecule has 0 bridgehead atoms. The fraction of sp³-hybridized carbons (Fsp3) is 0.375. The van der Waals surface area contributed by atoms with Gasteiger partial charge in [-0.25, -0.2) is 4.79 Å². The van der Waals surface area contributed by atoms with E-state index in [4.69, 9.17) is 27.2 Å². The maximum atomic E-state index is 13.5. The highest BCUT2D eigenvalue weighted by Gasteiger charge is 2.43. The van der Waals surface area contributed by atoms with Gasteiger partial charge in [0, 0.05) is 48.2 Å². The zero-order valence-corrected chi connectivity index (χ0v) is 24.1. The van der Waals surface area contributed by atoms with Gasteiger partial charge in [-0.15, -0.1) is 0 Å². The van der Waals surface area contributed by atoms with E-state index in [1.165, 1.54) is 0 Å². The SMILES string of the molecule is Cc1cccc(-c2c(Cl)cccc2[C@](O)(CCCNC(=O)O)[C@@H]2CCCN(C(=O)c3ccc(OCCN)cc3)C2)c1. The quantitative estimate of drug-likeness (QED) is 0.224. The van der Waals surface area contributed by atoms with Gasteiger partial charge in [-0.2, -0.15) is 0 Å². The molecule has 0 saturated carbocycles. The molecule has 1 aliphatic rings. The summed E-state index contributed by atoms with van der Waals surface area (Å²) in [5.74, 6) is 0.247. The molecule has 4 rings (SSSR count). The van der Waals surface area contributed by atoms with E-state index in [1.807, 2.05) is 49.4 Å².